The third kappa shape index (κ3) is 5.24. The summed E-state index contributed by atoms with van der Waals surface area (Å²) in [6.07, 6.45) is -0.142. The van der Waals surface area contributed by atoms with Gasteiger partial charge in [0.1, 0.15) is 6.29 Å². The zero-order valence-corrected chi connectivity index (χ0v) is 5.49. The molecule has 58 valence electrons. The Balaban J connectivity index is 3.29. The zero-order chi connectivity index (χ0) is 7.98. The Kier molecular flexibility index (Phi) is 4.49. The van der Waals surface area contributed by atoms with Crippen molar-refractivity contribution in [3.05, 3.63) is 0 Å². The second-order valence-corrected chi connectivity index (χ2v) is 1.99. The van der Waals surface area contributed by atoms with Crippen LogP contribution < -0.4 is 0 Å². The van der Waals surface area contributed by atoms with Gasteiger partial charge in [0.2, 0.25) is 0 Å². The van der Waals surface area contributed by atoms with E-state index < -0.39 is 12.1 Å². The van der Waals surface area contributed by atoms with Gasteiger partial charge in [0.15, 0.2) is 0 Å². The summed E-state index contributed by atoms with van der Waals surface area (Å²) in [7, 11) is 0. The van der Waals surface area contributed by atoms with Crippen molar-refractivity contribution in [3.63, 3.8) is 0 Å². The fraction of sp³-hybridized carbons (Fsp3) is 0.667. The fourth-order valence-electron chi connectivity index (χ4n) is 0.519. The molecular weight excluding hydrogens is 136 g/mol. The smallest absolute Gasteiger partial charge is 0.303 e. The molecule has 0 saturated carbocycles. The van der Waals surface area contributed by atoms with Gasteiger partial charge in [0.05, 0.1) is 6.10 Å². The van der Waals surface area contributed by atoms with Gasteiger partial charge in [-0.25, -0.2) is 0 Å². The van der Waals surface area contributed by atoms with E-state index in [2.05, 4.69) is 0 Å². The van der Waals surface area contributed by atoms with Gasteiger partial charge in [0.25, 0.3) is 0 Å². The minimum Gasteiger partial charge on any atom is -0.481 e. The molecule has 0 heterocycles. The molecule has 0 aliphatic carbocycles. The first-order chi connectivity index (χ1) is 4.66. The van der Waals surface area contributed by atoms with E-state index in [1.807, 2.05) is 0 Å². The number of hydrogen-bond acceptors (Lipinski definition) is 3. The van der Waals surface area contributed by atoms with E-state index in [1.54, 1.807) is 0 Å². The van der Waals surface area contributed by atoms with Gasteiger partial charge in [0, 0.05) is 12.8 Å². The van der Waals surface area contributed by atoms with Crippen molar-refractivity contribution in [1.82, 2.24) is 0 Å². The predicted molar refractivity (Wildman–Crippen MR) is 33.6 cm³/mol. The van der Waals surface area contributed by atoms with Crippen molar-refractivity contribution < 1.29 is 19.8 Å². The first-order valence-corrected chi connectivity index (χ1v) is 3.00. The van der Waals surface area contributed by atoms with Crippen molar-refractivity contribution >= 4 is 12.3 Å². The Morgan fingerprint density at radius 2 is 2.20 bits per heavy atom. The van der Waals surface area contributed by atoms with Crippen LogP contribution in [0.3, 0.4) is 0 Å². The highest BCUT2D eigenvalue weighted by Gasteiger charge is 2.05. The summed E-state index contributed by atoms with van der Waals surface area (Å²) in [6, 6.07) is 0. The molecule has 1 atom stereocenters. The van der Waals surface area contributed by atoms with Gasteiger partial charge < -0.3 is 15.0 Å². The molecule has 0 aliphatic heterocycles. The largest absolute Gasteiger partial charge is 0.481 e. The molecule has 0 aromatic heterocycles. The van der Waals surface area contributed by atoms with Gasteiger partial charge in [-0.1, -0.05) is 0 Å². The maximum absolute atomic E-state index is 9.91. The predicted octanol–water partition coefficient (Wildman–Crippen LogP) is -0.199. The van der Waals surface area contributed by atoms with E-state index in [9.17, 15) is 9.59 Å². The van der Waals surface area contributed by atoms with Crippen LogP contribution in [0.1, 0.15) is 19.3 Å². The molecule has 4 heteroatoms. The molecule has 2 N–H and O–H groups in total. The number of hydrogen-bond donors (Lipinski definition) is 2. The van der Waals surface area contributed by atoms with Crippen molar-refractivity contribution in [2.24, 2.45) is 0 Å². The van der Waals surface area contributed by atoms with Crippen molar-refractivity contribution in [3.8, 4) is 0 Å². The Labute approximate surface area is 58.5 Å². The summed E-state index contributed by atoms with van der Waals surface area (Å²) >= 11 is 0. The van der Waals surface area contributed by atoms with Crippen LogP contribution in [0.2, 0.25) is 0 Å². The Morgan fingerprint density at radius 1 is 1.60 bits per heavy atom. The van der Waals surface area contributed by atoms with E-state index in [1.165, 1.54) is 0 Å². The molecule has 0 amide bonds. The number of carbonyl (C=O) groups excluding carboxylic acids is 1. The molecule has 0 fully saturated rings. The van der Waals surface area contributed by atoms with Crippen LogP contribution in [0.25, 0.3) is 0 Å². The van der Waals surface area contributed by atoms with Crippen molar-refractivity contribution in [2.75, 3.05) is 0 Å². The molecular formula is C6H10O4. The van der Waals surface area contributed by atoms with Gasteiger partial charge in [-0.05, 0) is 6.42 Å². The van der Waals surface area contributed by atoms with Gasteiger partial charge in [-0.15, -0.1) is 0 Å². The topological polar surface area (TPSA) is 74.6 Å². The number of aliphatic hydroxyl groups is 1. The third-order valence-corrected chi connectivity index (χ3v) is 1.06. The van der Waals surface area contributed by atoms with E-state index in [0.717, 1.165) is 0 Å². The van der Waals surface area contributed by atoms with Crippen LogP contribution in [0, 0.1) is 0 Å². The fourth-order valence-corrected chi connectivity index (χ4v) is 0.519. The molecule has 0 saturated heterocycles. The molecule has 0 aromatic rings. The number of aldehydes is 1. The van der Waals surface area contributed by atoms with E-state index in [0.29, 0.717) is 6.29 Å². The van der Waals surface area contributed by atoms with Gasteiger partial charge >= 0.3 is 5.97 Å². The minimum atomic E-state index is -0.954. The first-order valence-electron chi connectivity index (χ1n) is 3.00. The van der Waals surface area contributed by atoms with Gasteiger partial charge in [-0.2, -0.15) is 0 Å². The lowest BCUT2D eigenvalue weighted by Crippen LogP contribution is -2.09. The normalized spacial score (nSPS) is 12.5. The average molecular weight is 146 g/mol. The van der Waals surface area contributed by atoms with Crippen LogP contribution in [0.5, 0.6) is 0 Å². The van der Waals surface area contributed by atoms with Crippen LogP contribution >= 0.6 is 0 Å². The molecule has 0 aromatic carbocycles. The highest BCUT2D eigenvalue weighted by molar-refractivity contribution is 5.66. The standard InChI is InChI=1S/C6H10O4/c7-4-3-5(8)1-2-6(9)10/h4-5,8H,1-3H2,(H,9,10). The Hall–Kier alpha value is -0.900. The summed E-state index contributed by atoms with van der Waals surface area (Å²) in [5.74, 6) is -0.954. The Bertz CT molecular complexity index is 121. The number of aliphatic hydroxyl groups excluding tert-OH is 1. The Morgan fingerprint density at radius 3 is 2.60 bits per heavy atom. The third-order valence-electron chi connectivity index (χ3n) is 1.06. The molecule has 0 rings (SSSR count). The van der Waals surface area contributed by atoms with E-state index >= 15 is 0 Å². The monoisotopic (exact) mass is 146 g/mol. The maximum Gasteiger partial charge on any atom is 0.303 e. The summed E-state index contributed by atoms with van der Waals surface area (Å²) in [6.45, 7) is 0. The summed E-state index contributed by atoms with van der Waals surface area (Å²) < 4.78 is 0. The number of carbonyl (C=O) groups is 2. The van der Waals surface area contributed by atoms with Crippen molar-refractivity contribution in [1.29, 1.82) is 0 Å². The SMILES string of the molecule is O=CCC(O)CCC(=O)O. The van der Waals surface area contributed by atoms with E-state index in [-0.39, 0.29) is 19.3 Å². The van der Waals surface area contributed by atoms with Crippen molar-refractivity contribution in [2.45, 2.75) is 25.4 Å². The highest BCUT2D eigenvalue weighted by atomic mass is 16.4. The van der Waals surface area contributed by atoms with Crippen LogP contribution in [-0.4, -0.2) is 28.6 Å². The lowest BCUT2D eigenvalue weighted by Gasteiger charge is -2.02. The van der Waals surface area contributed by atoms with Crippen LogP contribution in [0.4, 0.5) is 0 Å². The van der Waals surface area contributed by atoms with Gasteiger partial charge in [-0.3, -0.25) is 4.79 Å². The number of carboxylic acids is 1. The number of rotatable bonds is 5. The molecule has 0 radical (unpaired) electrons. The van der Waals surface area contributed by atoms with Crippen LogP contribution in [0.15, 0.2) is 0 Å². The maximum atomic E-state index is 9.91. The molecule has 0 bridgehead atoms. The zero-order valence-electron chi connectivity index (χ0n) is 5.49. The molecule has 4 nitrogen and oxygen atoms in total. The average Bonchev–Trinajstić information content (AvgIpc) is 1.85. The second kappa shape index (κ2) is 4.93. The van der Waals surface area contributed by atoms with Crippen LogP contribution in [-0.2, 0) is 9.59 Å². The lowest BCUT2D eigenvalue weighted by molar-refractivity contribution is -0.137. The molecule has 10 heavy (non-hydrogen) atoms. The second-order valence-electron chi connectivity index (χ2n) is 1.99. The summed E-state index contributed by atoms with van der Waals surface area (Å²) in [5.41, 5.74) is 0. The summed E-state index contributed by atoms with van der Waals surface area (Å²) in [4.78, 5) is 19.7. The quantitative estimate of drug-likeness (QED) is 0.527. The minimum absolute atomic E-state index is 0.0211. The number of carboxylic acid groups (broad SMARTS) is 1. The highest BCUT2D eigenvalue weighted by Crippen LogP contribution is 1.98. The van der Waals surface area contributed by atoms with E-state index in [4.69, 9.17) is 10.2 Å². The lowest BCUT2D eigenvalue weighted by atomic mass is 10.1. The first kappa shape index (κ1) is 9.10. The summed E-state index contributed by atoms with van der Waals surface area (Å²) in [5, 5.41) is 16.9. The molecule has 0 aliphatic rings. The number of aliphatic carboxylic acids is 1. The molecule has 0 spiro atoms. The molecule has 1 unspecified atom stereocenters.